The second-order valence-corrected chi connectivity index (χ2v) is 29.7. The molecule has 0 aliphatic carbocycles. The van der Waals surface area contributed by atoms with E-state index in [-0.39, 0.29) is 20.1 Å². The maximum atomic E-state index is 8.07. The molecule has 27 rings (SSSR count). The molecule has 0 N–H and O–H groups in total. The van der Waals surface area contributed by atoms with Crippen molar-refractivity contribution >= 4 is 240 Å². The quantitative estimate of drug-likeness (QED) is 0.161. The fourth-order valence-electron chi connectivity index (χ4n) is 21.5. The molecular formula is C92H52B3N7O2. The first-order valence-corrected chi connectivity index (χ1v) is 36.3. The van der Waals surface area contributed by atoms with Crippen molar-refractivity contribution in [1.82, 2.24) is 13.2 Å². The lowest BCUT2D eigenvalue weighted by Crippen LogP contribution is -2.65. The zero-order valence-electron chi connectivity index (χ0n) is 56.2. The van der Waals surface area contributed by atoms with Crippen LogP contribution in [0.5, 0.6) is 23.0 Å². The van der Waals surface area contributed by atoms with Gasteiger partial charge in [-0.25, -0.2) is 0 Å². The lowest BCUT2D eigenvalue weighted by Gasteiger charge is -2.45. The molecule has 0 atom stereocenters. The van der Waals surface area contributed by atoms with Gasteiger partial charge in [-0.05, 0) is 116 Å². The smallest absolute Gasteiger partial charge is 0.260 e. The largest absolute Gasteiger partial charge is 0.457 e. The third kappa shape index (κ3) is 5.95. The van der Waals surface area contributed by atoms with Gasteiger partial charge >= 0.3 is 0 Å². The van der Waals surface area contributed by atoms with Gasteiger partial charge in [0.05, 0.1) is 71.8 Å². The highest BCUT2D eigenvalue weighted by molar-refractivity contribution is 7.04. The first-order valence-electron chi connectivity index (χ1n) is 36.3. The predicted octanol–water partition coefficient (Wildman–Crippen LogP) is 16.6. The standard InChI is InChI=1S/C92H52B3N7O2/c1-96-71-47-73-61(45-59(71)93-57-35-15-23-43-69(57)98(49-25-5-3-6-26-49)89-77-53-31-11-19-39-65(53)100-63-37-17-9-29-51(63)75(84(77)100)87(96)81(89)93)95-62-46-60-72(48-74(62)104-92-80-56-34-14-22-42-68(56)102-67-41-21-13-33-55(67)79(86(80)102)91(103-73)83(92)95)97(2)88-76-52-30-10-18-38-64(52)101-66-40-20-12-32-54(66)78(85(76)101)90-82(88)94(60)58-36-16-24-44-70(58)99(90)50-27-7-4-8-28-50/h3-48H,1-2H3. The Hall–Kier alpha value is -13.3. The monoisotopic (exact) mass is 1320 g/mol. The lowest BCUT2D eigenvalue weighted by atomic mass is 9.29. The van der Waals surface area contributed by atoms with Crippen LogP contribution in [0.25, 0.3) is 114 Å². The van der Waals surface area contributed by atoms with E-state index in [9.17, 15) is 0 Å². The molecule has 12 heterocycles. The minimum absolute atomic E-state index is 0.184. The second kappa shape index (κ2) is 18.2. The fraction of sp³-hybridized carbons (Fsp3) is 0.0217. The van der Waals surface area contributed by atoms with Gasteiger partial charge in [0.2, 0.25) is 0 Å². The van der Waals surface area contributed by atoms with Crippen LogP contribution in [-0.2, 0) is 0 Å². The molecule has 21 aromatic rings. The summed E-state index contributed by atoms with van der Waals surface area (Å²) in [6.45, 7) is -0.710. The minimum atomic E-state index is -0.342. The number of aromatic nitrogens is 3. The average Bonchev–Trinajstić information content (AvgIpc) is 1.42. The Morgan fingerprint density at radius 2 is 0.548 bits per heavy atom. The van der Waals surface area contributed by atoms with Gasteiger partial charge in [0.1, 0.15) is 23.0 Å². The van der Waals surface area contributed by atoms with Crippen LogP contribution in [-0.4, -0.2) is 47.4 Å². The van der Waals surface area contributed by atoms with Crippen LogP contribution in [0.2, 0.25) is 0 Å². The summed E-state index contributed by atoms with van der Waals surface area (Å²) in [5.41, 5.74) is 33.4. The Bertz CT molecular complexity index is 7150. The van der Waals surface area contributed by atoms with Crippen molar-refractivity contribution in [3.8, 4) is 23.0 Å². The molecule has 104 heavy (non-hydrogen) atoms. The number of para-hydroxylation sites is 10. The van der Waals surface area contributed by atoms with Crippen LogP contribution in [0.3, 0.4) is 0 Å². The van der Waals surface area contributed by atoms with Gasteiger partial charge in [-0.1, -0.05) is 194 Å². The molecule has 0 unspecified atom stereocenters. The third-order valence-electron chi connectivity index (χ3n) is 25.2. The van der Waals surface area contributed by atoms with Crippen molar-refractivity contribution in [2.45, 2.75) is 0 Å². The van der Waals surface area contributed by atoms with E-state index in [2.05, 4.69) is 326 Å². The number of ether oxygens (including phenoxy) is 2. The summed E-state index contributed by atoms with van der Waals surface area (Å²) in [5.74, 6) is 3.42. The normalized spacial score (nSPS) is 14.5. The molecule has 6 aromatic heterocycles. The molecular weight excluding hydrogens is 1270 g/mol. The van der Waals surface area contributed by atoms with Gasteiger partial charge in [0.25, 0.3) is 20.1 Å². The van der Waals surface area contributed by atoms with Gasteiger partial charge in [-0.3, -0.25) is 0 Å². The summed E-state index contributed by atoms with van der Waals surface area (Å²) in [5, 5.41) is 14.6. The highest BCUT2D eigenvalue weighted by atomic mass is 16.5. The number of hydrogen-bond donors (Lipinski definition) is 0. The van der Waals surface area contributed by atoms with Crippen LogP contribution < -0.4 is 78.2 Å². The molecule has 0 fully saturated rings. The van der Waals surface area contributed by atoms with Crippen molar-refractivity contribution in [2.75, 3.05) is 33.7 Å². The van der Waals surface area contributed by atoms with E-state index in [0.717, 1.165) is 100 Å². The Morgan fingerprint density at radius 1 is 0.250 bits per heavy atom. The Labute approximate surface area is 595 Å². The third-order valence-corrected chi connectivity index (χ3v) is 25.2. The van der Waals surface area contributed by atoms with E-state index < -0.39 is 0 Å². The zero-order chi connectivity index (χ0) is 67.1. The number of rotatable bonds is 2. The number of hydrogen-bond acceptors (Lipinski definition) is 6. The predicted molar refractivity (Wildman–Crippen MR) is 436 cm³/mol. The van der Waals surface area contributed by atoms with Gasteiger partial charge < -0.3 is 42.3 Å². The average molecular weight is 1320 g/mol. The SMILES string of the molecule is CN1c2cc3c(cc2B2c4ccccc4N(c4ccccc4)c4c2c1c1c2ccccc2n2c5ccccc5c4c12)B1c2cc4c(cc2Oc2c1c(c1c5ccccc5n5c6ccccc6c2c15)O3)N(C)c1c2c(c3c5ccccc5n5c6ccccc6c1c35)N(c1ccccc1)c1ccccc1B42. The number of benzene rings is 15. The molecule has 0 saturated heterocycles. The number of nitrogens with zero attached hydrogens (tertiary/aromatic N) is 7. The number of anilines is 10. The molecule has 476 valence electrons. The molecule has 6 aliphatic heterocycles. The molecule has 0 bridgehead atoms. The maximum absolute atomic E-state index is 8.07. The molecule has 0 radical (unpaired) electrons. The zero-order valence-corrected chi connectivity index (χ0v) is 56.2. The van der Waals surface area contributed by atoms with E-state index in [4.69, 9.17) is 9.47 Å². The molecule has 0 saturated carbocycles. The highest BCUT2D eigenvalue weighted by Crippen LogP contribution is 2.58. The Kier molecular flexibility index (Phi) is 9.40. The van der Waals surface area contributed by atoms with Crippen molar-refractivity contribution in [3.05, 3.63) is 279 Å². The lowest BCUT2D eigenvalue weighted by molar-refractivity contribution is 0.472. The molecule has 6 aliphatic rings. The van der Waals surface area contributed by atoms with E-state index in [1.807, 2.05) is 0 Å². The van der Waals surface area contributed by atoms with E-state index >= 15 is 0 Å². The first kappa shape index (κ1) is 53.6. The molecule has 9 nitrogen and oxygen atoms in total. The summed E-state index contributed by atoms with van der Waals surface area (Å²) in [4.78, 5) is 10.3. The second-order valence-electron chi connectivity index (χ2n) is 29.7. The number of fused-ring (bicyclic) bond motifs is 36. The van der Waals surface area contributed by atoms with Crippen LogP contribution in [0.15, 0.2) is 279 Å². The molecule has 12 heteroatoms. The Balaban J connectivity index is 0.785. The van der Waals surface area contributed by atoms with Crippen molar-refractivity contribution in [3.63, 3.8) is 0 Å². The van der Waals surface area contributed by atoms with Crippen molar-refractivity contribution in [1.29, 1.82) is 0 Å². The van der Waals surface area contributed by atoms with Crippen molar-refractivity contribution < 1.29 is 9.47 Å². The van der Waals surface area contributed by atoms with Crippen LogP contribution >= 0.6 is 0 Å². The summed E-state index contributed by atoms with van der Waals surface area (Å²) in [6, 6.07) is 105. The van der Waals surface area contributed by atoms with E-state index in [1.165, 1.54) is 143 Å². The van der Waals surface area contributed by atoms with Gasteiger partial charge in [-0.2, -0.15) is 0 Å². The summed E-state index contributed by atoms with van der Waals surface area (Å²) >= 11 is 0. The molecule has 0 amide bonds. The first-order chi connectivity index (χ1) is 51.6. The maximum Gasteiger partial charge on any atom is 0.260 e. The topological polar surface area (TPSA) is 44.7 Å². The van der Waals surface area contributed by atoms with Gasteiger partial charge in [-0.15, -0.1) is 0 Å². The molecule has 0 spiro atoms. The van der Waals surface area contributed by atoms with Crippen LogP contribution in [0.1, 0.15) is 0 Å². The highest BCUT2D eigenvalue weighted by Gasteiger charge is 2.52. The summed E-state index contributed by atoms with van der Waals surface area (Å²) < 4.78 is 23.7. The summed E-state index contributed by atoms with van der Waals surface area (Å²) in [7, 11) is 4.65. The Morgan fingerprint density at radius 3 is 0.923 bits per heavy atom. The summed E-state index contributed by atoms with van der Waals surface area (Å²) in [6.07, 6.45) is 0. The van der Waals surface area contributed by atoms with Gasteiger partial charge in [0.15, 0.2) is 0 Å². The van der Waals surface area contributed by atoms with E-state index in [0.29, 0.717) is 0 Å². The van der Waals surface area contributed by atoms with Gasteiger partial charge in [0, 0.05) is 131 Å². The minimum Gasteiger partial charge on any atom is -0.457 e. The molecule has 15 aromatic carbocycles. The van der Waals surface area contributed by atoms with E-state index in [1.54, 1.807) is 0 Å². The van der Waals surface area contributed by atoms with Crippen molar-refractivity contribution in [2.24, 2.45) is 0 Å². The van der Waals surface area contributed by atoms with Crippen LogP contribution in [0, 0.1) is 0 Å². The van der Waals surface area contributed by atoms with Crippen LogP contribution in [0.4, 0.5) is 56.9 Å². The fourth-order valence-corrected chi connectivity index (χ4v) is 21.5.